The van der Waals surface area contributed by atoms with Gasteiger partial charge in [-0.25, -0.2) is 9.97 Å². The third kappa shape index (κ3) is 1.53. The average molecular weight is 237 g/mol. The fourth-order valence-corrected chi connectivity index (χ4v) is 2.48. The summed E-state index contributed by atoms with van der Waals surface area (Å²) in [6.45, 7) is 2.13. The zero-order chi connectivity index (χ0) is 11.0. The van der Waals surface area contributed by atoms with E-state index in [4.69, 9.17) is 11.6 Å². The quantitative estimate of drug-likeness (QED) is 0.828. The van der Waals surface area contributed by atoms with Crippen molar-refractivity contribution >= 4 is 28.5 Å². The largest absolute Gasteiger partial charge is 0.356 e. The van der Waals surface area contributed by atoms with Crippen LogP contribution in [0, 0.1) is 0 Å². The number of fused-ring (bicyclic) bond motifs is 1. The molecule has 0 bridgehead atoms. The SMILES string of the molecule is Clc1c[nH]c2ncnc(N3CCCCC3)c12. The Labute approximate surface area is 98.6 Å². The number of hydrogen-bond acceptors (Lipinski definition) is 3. The Morgan fingerprint density at radius 1 is 1.19 bits per heavy atom. The Morgan fingerprint density at radius 2 is 2.00 bits per heavy atom. The van der Waals surface area contributed by atoms with Crippen LogP contribution in [-0.4, -0.2) is 28.0 Å². The molecule has 1 aliphatic heterocycles. The molecule has 0 saturated carbocycles. The topological polar surface area (TPSA) is 44.8 Å². The van der Waals surface area contributed by atoms with Gasteiger partial charge in [0, 0.05) is 19.3 Å². The highest BCUT2D eigenvalue weighted by Crippen LogP contribution is 2.30. The summed E-state index contributed by atoms with van der Waals surface area (Å²) in [6, 6.07) is 0. The van der Waals surface area contributed by atoms with Crippen LogP contribution in [0.4, 0.5) is 5.82 Å². The predicted octanol–water partition coefficient (Wildman–Crippen LogP) is 2.60. The van der Waals surface area contributed by atoms with Gasteiger partial charge in [-0.15, -0.1) is 0 Å². The lowest BCUT2D eigenvalue weighted by Crippen LogP contribution is -2.30. The van der Waals surface area contributed by atoms with Crippen molar-refractivity contribution in [2.45, 2.75) is 19.3 Å². The van der Waals surface area contributed by atoms with Crippen molar-refractivity contribution in [3.8, 4) is 0 Å². The van der Waals surface area contributed by atoms with E-state index in [1.165, 1.54) is 19.3 Å². The smallest absolute Gasteiger partial charge is 0.144 e. The summed E-state index contributed by atoms with van der Waals surface area (Å²) < 4.78 is 0. The van der Waals surface area contributed by atoms with Crippen molar-refractivity contribution in [2.75, 3.05) is 18.0 Å². The summed E-state index contributed by atoms with van der Waals surface area (Å²) >= 11 is 6.16. The fraction of sp³-hybridized carbons (Fsp3) is 0.455. The number of nitrogens with one attached hydrogen (secondary N) is 1. The fourth-order valence-electron chi connectivity index (χ4n) is 2.26. The number of aromatic nitrogens is 3. The highest BCUT2D eigenvalue weighted by atomic mass is 35.5. The number of aromatic amines is 1. The maximum atomic E-state index is 6.16. The standard InChI is InChI=1S/C11H13ClN4/c12-8-6-13-10-9(8)11(15-7-14-10)16-4-2-1-3-5-16/h6-7H,1-5H2,(H,13,14,15). The van der Waals surface area contributed by atoms with E-state index in [0.29, 0.717) is 5.02 Å². The Kier molecular flexibility index (Phi) is 2.44. The van der Waals surface area contributed by atoms with Gasteiger partial charge in [-0.3, -0.25) is 0 Å². The second-order valence-corrected chi connectivity index (χ2v) is 4.51. The van der Waals surface area contributed by atoms with Crippen LogP contribution in [-0.2, 0) is 0 Å². The molecule has 3 rings (SSSR count). The molecule has 5 heteroatoms. The lowest BCUT2D eigenvalue weighted by atomic mass is 10.1. The first kappa shape index (κ1) is 9.90. The molecular formula is C11H13ClN4. The monoisotopic (exact) mass is 236 g/mol. The Hall–Kier alpha value is -1.29. The maximum absolute atomic E-state index is 6.16. The second-order valence-electron chi connectivity index (χ2n) is 4.11. The Balaban J connectivity index is 2.10. The molecule has 84 valence electrons. The molecule has 0 atom stereocenters. The Bertz CT molecular complexity index is 502. The van der Waals surface area contributed by atoms with Gasteiger partial charge in [0.25, 0.3) is 0 Å². The van der Waals surface area contributed by atoms with Gasteiger partial charge in [-0.05, 0) is 19.3 Å². The summed E-state index contributed by atoms with van der Waals surface area (Å²) in [7, 11) is 0. The van der Waals surface area contributed by atoms with Crippen LogP contribution >= 0.6 is 11.6 Å². The van der Waals surface area contributed by atoms with Crippen molar-refractivity contribution in [3.05, 3.63) is 17.5 Å². The molecule has 16 heavy (non-hydrogen) atoms. The number of piperidine rings is 1. The molecule has 1 N–H and O–H groups in total. The molecule has 1 saturated heterocycles. The third-order valence-electron chi connectivity index (χ3n) is 3.06. The van der Waals surface area contributed by atoms with Crippen LogP contribution in [0.5, 0.6) is 0 Å². The van der Waals surface area contributed by atoms with Gasteiger partial charge in [0.2, 0.25) is 0 Å². The maximum Gasteiger partial charge on any atom is 0.144 e. The van der Waals surface area contributed by atoms with E-state index < -0.39 is 0 Å². The van der Waals surface area contributed by atoms with Gasteiger partial charge in [0.1, 0.15) is 17.8 Å². The number of nitrogens with zero attached hydrogens (tertiary/aromatic N) is 3. The van der Waals surface area contributed by atoms with Crippen LogP contribution in [0.15, 0.2) is 12.5 Å². The Morgan fingerprint density at radius 3 is 2.81 bits per heavy atom. The van der Waals surface area contributed by atoms with Gasteiger partial charge >= 0.3 is 0 Å². The predicted molar refractivity (Wildman–Crippen MR) is 65.0 cm³/mol. The number of H-pyrrole nitrogens is 1. The summed E-state index contributed by atoms with van der Waals surface area (Å²) in [5, 5.41) is 1.65. The minimum atomic E-state index is 0.705. The van der Waals surface area contributed by atoms with E-state index in [-0.39, 0.29) is 0 Å². The normalized spacial score (nSPS) is 16.9. The van der Waals surface area contributed by atoms with E-state index >= 15 is 0 Å². The van der Waals surface area contributed by atoms with E-state index in [2.05, 4.69) is 19.9 Å². The number of anilines is 1. The number of hydrogen-bond donors (Lipinski definition) is 1. The van der Waals surface area contributed by atoms with Crippen LogP contribution in [0.3, 0.4) is 0 Å². The van der Waals surface area contributed by atoms with E-state index in [9.17, 15) is 0 Å². The van der Waals surface area contributed by atoms with Crippen LogP contribution in [0.25, 0.3) is 11.0 Å². The molecule has 2 aromatic rings. The molecule has 0 aromatic carbocycles. The summed E-state index contributed by atoms with van der Waals surface area (Å²) in [5.74, 6) is 0.968. The number of rotatable bonds is 1. The molecule has 3 heterocycles. The molecule has 2 aromatic heterocycles. The molecule has 4 nitrogen and oxygen atoms in total. The molecule has 0 unspecified atom stereocenters. The average Bonchev–Trinajstić information content (AvgIpc) is 2.73. The van der Waals surface area contributed by atoms with Gasteiger partial charge in [0.05, 0.1) is 10.4 Å². The molecule has 0 radical (unpaired) electrons. The molecule has 0 aliphatic carbocycles. The van der Waals surface area contributed by atoms with E-state index in [0.717, 1.165) is 29.9 Å². The lowest BCUT2D eigenvalue weighted by Gasteiger charge is -2.28. The summed E-state index contributed by atoms with van der Waals surface area (Å²) in [5.41, 5.74) is 0.820. The minimum absolute atomic E-state index is 0.705. The highest BCUT2D eigenvalue weighted by Gasteiger charge is 2.17. The molecule has 1 aliphatic rings. The molecular weight excluding hydrogens is 224 g/mol. The van der Waals surface area contributed by atoms with Gasteiger partial charge < -0.3 is 9.88 Å². The van der Waals surface area contributed by atoms with Crippen molar-refractivity contribution in [2.24, 2.45) is 0 Å². The van der Waals surface area contributed by atoms with E-state index in [1.807, 2.05) is 0 Å². The lowest BCUT2D eigenvalue weighted by molar-refractivity contribution is 0.574. The van der Waals surface area contributed by atoms with Gasteiger partial charge in [-0.1, -0.05) is 11.6 Å². The molecule has 0 amide bonds. The minimum Gasteiger partial charge on any atom is -0.356 e. The number of halogens is 1. The van der Waals surface area contributed by atoms with Crippen LogP contribution < -0.4 is 4.90 Å². The third-order valence-corrected chi connectivity index (χ3v) is 3.36. The van der Waals surface area contributed by atoms with Crippen molar-refractivity contribution in [3.63, 3.8) is 0 Å². The molecule has 1 fully saturated rings. The zero-order valence-electron chi connectivity index (χ0n) is 8.91. The van der Waals surface area contributed by atoms with Crippen molar-refractivity contribution in [1.29, 1.82) is 0 Å². The first-order chi connectivity index (χ1) is 7.86. The van der Waals surface area contributed by atoms with Gasteiger partial charge in [-0.2, -0.15) is 0 Å². The summed E-state index contributed by atoms with van der Waals surface area (Å²) in [6.07, 6.45) is 7.14. The van der Waals surface area contributed by atoms with Crippen LogP contribution in [0.1, 0.15) is 19.3 Å². The van der Waals surface area contributed by atoms with Crippen LogP contribution in [0.2, 0.25) is 5.02 Å². The van der Waals surface area contributed by atoms with Crippen molar-refractivity contribution < 1.29 is 0 Å². The van der Waals surface area contributed by atoms with E-state index in [1.54, 1.807) is 12.5 Å². The van der Waals surface area contributed by atoms with Crippen molar-refractivity contribution in [1.82, 2.24) is 15.0 Å². The van der Waals surface area contributed by atoms with Gasteiger partial charge in [0.15, 0.2) is 0 Å². The molecule has 0 spiro atoms. The first-order valence-electron chi connectivity index (χ1n) is 5.59. The first-order valence-corrected chi connectivity index (χ1v) is 5.96. The highest BCUT2D eigenvalue weighted by molar-refractivity contribution is 6.36. The zero-order valence-corrected chi connectivity index (χ0v) is 9.67. The summed E-state index contributed by atoms with van der Waals surface area (Å²) in [4.78, 5) is 13.9. The second kappa shape index (κ2) is 3.94.